The lowest BCUT2D eigenvalue weighted by molar-refractivity contribution is -0.385. The number of piperidine rings is 1. The van der Waals surface area contributed by atoms with Crippen LogP contribution in [0, 0.1) is 16.0 Å². The molecule has 0 N–H and O–H groups in total. The van der Waals surface area contributed by atoms with Crippen molar-refractivity contribution >= 4 is 17.8 Å². The van der Waals surface area contributed by atoms with Crippen LogP contribution < -0.4 is 14.4 Å². The summed E-state index contributed by atoms with van der Waals surface area (Å²) in [6, 6.07) is 12.2. The lowest BCUT2D eigenvalue weighted by atomic mass is 9.92. The van der Waals surface area contributed by atoms with E-state index in [0.717, 1.165) is 32.0 Å². The van der Waals surface area contributed by atoms with Crippen molar-refractivity contribution in [2.45, 2.75) is 32.6 Å². The molecule has 0 radical (unpaired) electrons. The van der Waals surface area contributed by atoms with Gasteiger partial charge in [-0.15, -0.1) is 0 Å². The molecule has 0 amide bonds. The first-order chi connectivity index (χ1) is 17.0. The van der Waals surface area contributed by atoms with Crippen LogP contribution >= 0.6 is 0 Å². The summed E-state index contributed by atoms with van der Waals surface area (Å²) >= 11 is 0. The highest BCUT2D eigenvalue weighted by Gasteiger charge is 2.31. The molecule has 1 aliphatic heterocycles. The molecule has 1 saturated heterocycles. The highest BCUT2D eigenvalue weighted by molar-refractivity contribution is 5.89. The Morgan fingerprint density at radius 1 is 1.14 bits per heavy atom. The molecular formula is C26H28N4O5. The molecule has 1 aliphatic rings. The van der Waals surface area contributed by atoms with Gasteiger partial charge >= 0.3 is 11.6 Å². The molecule has 1 fully saturated rings. The standard InChI is InChI=1S/C26H28N4O5/c1-3-6-18-11-13-29(14-12-18)25-24(30(32)33)26(28-17-27-25)35-23-15-20(34-2)9-10-22(23)21-8-5-4-7-19(21)16-31/h4-5,7-10,15-18H,3,6,11-14H2,1-2H3. The number of ether oxygens (including phenoxy) is 2. The fraction of sp³-hybridized carbons (Fsp3) is 0.346. The molecule has 4 rings (SSSR count). The van der Waals surface area contributed by atoms with Crippen LogP contribution in [0.25, 0.3) is 11.1 Å². The molecule has 9 heteroatoms. The molecule has 35 heavy (non-hydrogen) atoms. The van der Waals surface area contributed by atoms with Gasteiger partial charge in [0.1, 0.15) is 17.8 Å². The Morgan fingerprint density at radius 2 is 1.91 bits per heavy atom. The number of anilines is 1. The SMILES string of the molecule is CCCC1CCN(c2ncnc(Oc3cc(OC)ccc3-c3ccccc3C=O)c2[N+](=O)[O-])CC1. The number of methoxy groups -OCH3 is 1. The molecular weight excluding hydrogens is 448 g/mol. The Hall–Kier alpha value is -4.01. The maximum atomic E-state index is 12.2. The van der Waals surface area contributed by atoms with Crippen LogP contribution in [0.5, 0.6) is 17.4 Å². The second-order valence-corrected chi connectivity index (χ2v) is 8.50. The number of carbonyl (C=O) groups excluding carboxylic acids is 1. The number of aromatic nitrogens is 2. The zero-order chi connectivity index (χ0) is 24.8. The number of benzene rings is 2. The van der Waals surface area contributed by atoms with E-state index in [-0.39, 0.29) is 23.1 Å². The maximum Gasteiger partial charge on any atom is 0.373 e. The van der Waals surface area contributed by atoms with Gasteiger partial charge in [0.15, 0.2) is 6.29 Å². The average Bonchev–Trinajstić information content (AvgIpc) is 2.89. The van der Waals surface area contributed by atoms with E-state index in [1.807, 2.05) is 11.0 Å². The lowest BCUT2D eigenvalue weighted by Crippen LogP contribution is -2.34. The summed E-state index contributed by atoms with van der Waals surface area (Å²) in [4.78, 5) is 33.6. The monoisotopic (exact) mass is 476 g/mol. The van der Waals surface area contributed by atoms with E-state index in [4.69, 9.17) is 9.47 Å². The van der Waals surface area contributed by atoms with Crippen LogP contribution in [-0.4, -0.2) is 41.4 Å². The minimum atomic E-state index is -0.498. The van der Waals surface area contributed by atoms with Gasteiger partial charge in [-0.3, -0.25) is 14.9 Å². The van der Waals surface area contributed by atoms with Crippen molar-refractivity contribution in [3.63, 3.8) is 0 Å². The Labute approximate surface area is 203 Å². The molecule has 2 heterocycles. The largest absolute Gasteiger partial charge is 0.497 e. The molecule has 9 nitrogen and oxygen atoms in total. The van der Waals surface area contributed by atoms with E-state index >= 15 is 0 Å². The summed E-state index contributed by atoms with van der Waals surface area (Å²) in [5, 5.41) is 12.2. The number of hydrogen-bond acceptors (Lipinski definition) is 8. The fourth-order valence-corrected chi connectivity index (χ4v) is 4.55. The van der Waals surface area contributed by atoms with Crippen molar-refractivity contribution < 1.29 is 19.2 Å². The van der Waals surface area contributed by atoms with Gasteiger partial charge in [0.05, 0.1) is 12.0 Å². The molecule has 0 spiro atoms. The molecule has 3 aromatic rings. The van der Waals surface area contributed by atoms with Crippen molar-refractivity contribution in [1.29, 1.82) is 0 Å². The van der Waals surface area contributed by atoms with Gasteiger partial charge in [-0.1, -0.05) is 44.0 Å². The van der Waals surface area contributed by atoms with Crippen molar-refractivity contribution in [1.82, 2.24) is 9.97 Å². The Bertz CT molecular complexity index is 1210. The minimum absolute atomic E-state index is 0.159. The number of aldehydes is 1. The van der Waals surface area contributed by atoms with Gasteiger partial charge in [0.2, 0.25) is 5.82 Å². The quantitative estimate of drug-likeness (QED) is 0.220. The van der Waals surface area contributed by atoms with Crippen molar-refractivity contribution in [2.24, 2.45) is 5.92 Å². The van der Waals surface area contributed by atoms with Gasteiger partial charge in [-0.05, 0) is 36.5 Å². The number of rotatable bonds is 9. The zero-order valence-corrected chi connectivity index (χ0v) is 19.8. The second-order valence-electron chi connectivity index (χ2n) is 8.50. The van der Waals surface area contributed by atoms with Crippen molar-refractivity contribution in [3.05, 3.63) is 64.5 Å². The lowest BCUT2D eigenvalue weighted by Gasteiger charge is -2.32. The summed E-state index contributed by atoms with van der Waals surface area (Å²) in [5.41, 5.74) is 1.41. The van der Waals surface area contributed by atoms with Gasteiger partial charge in [-0.25, -0.2) is 4.98 Å². The highest BCUT2D eigenvalue weighted by Crippen LogP contribution is 2.42. The highest BCUT2D eigenvalue weighted by atomic mass is 16.6. The first-order valence-electron chi connectivity index (χ1n) is 11.7. The van der Waals surface area contributed by atoms with Crippen LogP contribution in [-0.2, 0) is 0 Å². The molecule has 0 saturated carbocycles. The molecule has 0 atom stereocenters. The van der Waals surface area contributed by atoms with E-state index in [2.05, 4.69) is 16.9 Å². The molecule has 2 aromatic carbocycles. The molecule has 1 aromatic heterocycles. The van der Waals surface area contributed by atoms with E-state index < -0.39 is 4.92 Å². The minimum Gasteiger partial charge on any atom is -0.497 e. The smallest absolute Gasteiger partial charge is 0.373 e. The van der Waals surface area contributed by atoms with E-state index in [0.29, 0.717) is 41.4 Å². The first-order valence-corrected chi connectivity index (χ1v) is 11.7. The van der Waals surface area contributed by atoms with Gasteiger partial charge < -0.3 is 14.4 Å². The third kappa shape index (κ3) is 5.24. The third-order valence-electron chi connectivity index (χ3n) is 6.34. The molecule has 182 valence electrons. The molecule has 0 unspecified atom stereocenters. The Morgan fingerprint density at radius 3 is 2.60 bits per heavy atom. The van der Waals surface area contributed by atoms with E-state index in [9.17, 15) is 14.9 Å². The van der Waals surface area contributed by atoms with E-state index in [1.54, 1.807) is 36.4 Å². The third-order valence-corrected chi connectivity index (χ3v) is 6.34. The van der Waals surface area contributed by atoms with Crippen LogP contribution in [0.1, 0.15) is 43.0 Å². The summed E-state index contributed by atoms with van der Waals surface area (Å²) in [6.07, 6.45) is 6.27. The zero-order valence-electron chi connectivity index (χ0n) is 19.8. The van der Waals surface area contributed by atoms with Crippen molar-refractivity contribution in [2.75, 3.05) is 25.1 Å². The summed E-state index contributed by atoms with van der Waals surface area (Å²) < 4.78 is 11.4. The van der Waals surface area contributed by atoms with Crippen LogP contribution in [0.2, 0.25) is 0 Å². The summed E-state index contributed by atoms with van der Waals surface area (Å²) in [6.45, 7) is 3.56. The van der Waals surface area contributed by atoms with Gasteiger partial charge in [0, 0.05) is 30.3 Å². The van der Waals surface area contributed by atoms with E-state index in [1.165, 1.54) is 13.4 Å². The van der Waals surface area contributed by atoms with Crippen molar-refractivity contribution in [3.8, 4) is 28.5 Å². The number of carbonyl (C=O) groups is 1. The van der Waals surface area contributed by atoms with Crippen LogP contribution in [0.3, 0.4) is 0 Å². The number of nitro groups is 1. The van der Waals surface area contributed by atoms with Crippen LogP contribution in [0.4, 0.5) is 11.5 Å². The first kappa shape index (κ1) is 24.1. The Balaban J connectivity index is 1.74. The molecule has 0 bridgehead atoms. The van der Waals surface area contributed by atoms with Gasteiger partial charge in [-0.2, -0.15) is 4.98 Å². The predicted molar refractivity (Wildman–Crippen MR) is 132 cm³/mol. The fourth-order valence-electron chi connectivity index (χ4n) is 4.55. The predicted octanol–water partition coefficient (Wildman–Crippen LogP) is 5.68. The maximum absolute atomic E-state index is 12.2. The topological polar surface area (TPSA) is 108 Å². The normalized spacial score (nSPS) is 13.9. The average molecular weight is 477 g/mol. The Kier molecular flexibility index (Phi) is 7.54. The molecule has 0 aliphatic carbocycles. The second kappa shape index (κ2) is 10.9. The van der Waals surface area contributed by atoms with Gasteiger partial charge in [0.25, 0.3) is 0 Å². The number of nitrogens with zero attached hydrogens (tertiary/aromatic N) is 4. The number of hydrogen-bond donors (Lipinski definition) is 0. The summed E-state index contributed by atoms with van der Waals surface area (Å²) in [7, 11) is 1.52. The summed E-state index contributed by atoms with van der Waals surface area (Å²) in [5.74, 6) is 1.52. The van der Waals surface area contributed by atoms with Crippen LogP contribution in [0.15, 0.2) is 48.8 Å².